The van der Waals surface area contributed by atoms with Gasteiger partial charge >= 0.3 is 0 Å². The fourth-order valence-corrected chi connectivity index (χ4v) is 5.52. The van der Waals surface area contributed by atoms with Crippen LogP contribution in [0.2, 0.25) is 0 Å². The van der Waals surface area contributed by atoms with E-state index in [0.717, 1.165) is 32.5 Å². The van der Waals surface area contributed by atoms with Gasteiger partial charge in [-0.05, 0) is 31.4 Å². The Hall–Kier alpha value is -1.40. The highest BCUT2D eigenvalue weighted by atomic mass is 32.2. The molecular weight excluding hydrogens is 324 g/mol. The van der Waals surface area contributed by atoms with E-state index in [-0.39, 0.29) is 29.4 Å². The van der Waals surface area contributed by atoms with Crippen LogP contribution in [0.3, 0.4) is 0 Å². The van der Waals surface area contributed by atoms with E-state index < -0.39 is 9.84 Å². The van der Waals surface area contributed by atoms with Crippen LogP contribution in [0, 0.1) is 5.92 Å². The third kappa shape index (κ3) is 4.16. The van der Waals surface area contributed by atoms with Gasteiger partial charge in [-0.3, -0.25) is 9.69 Å². The van der Waals surface area contributed by atoms with Crippen LogP contribution in [0.1, 0.15) is 24.8 Å². The lowest BCUT2D eigenvalue weighted by Gasteiger charge is -2.38. The number of hydrogen-bond donors (Lipinski definition) is 0. The molecule has 2 atom stereocenters. The molecule has 0 N–H and O–H groups in total. The Morgan fingerprint density at radius 1 is 1.25 bits per heavy atom. The lowest BCUT2D eigenvalue weighted by molar-refractivity contribution is -0.136. The van der Waals surface area contributed by atoms with E-state index in [2.05, 4.69) is 17.0 Å². The molecule has 24 heavy (non-hydrogen) atoms. The number of carbonyl (C=O) groups is 1. The number of likely N-dealkylation sites (N-methyl/N-ethyl adjacent to an activating group) is 1. The fourth-order valence-electron chi connectivity index (χ4n) is 3.79. The van der Waals surface area contributed by atoms with Crippen molar-refractivity contribution in [3.63, 3.8) is 0 Å². The van der Waals surface area contributed by atoms with Crippen LogP contribution in [-0.4, -0.2) is 61.8 Å². The average Bonchev–Trinajstić information content (AvgIpc) is 2.95. The normalized spacial score (nSPS) is 27.0. The van der Waals surface area contributed by atoms with Crippen molar-refractivity contribution in [2.45, 2.75) is 31.8 Å². The lowest BCUT2D eigenvalue weighted by Crippen LogP contribution is -2.49. The van der Waals surface area contributed by atoms with Gasteiger partial charge in [0.05, 0.1) is 17.4 Å². The molecule has 0 spiro atoms. The van der Waals surface area contributed by atoms with Crippen LogP contribution >= 0.6 is 0 Å². The molecule has 2 heterocycles. The number of nitrogens with zero attached hydrogens (tertiary/aromatic N) is 2. The summed E-state index contributed by atoms with van der Waals surface area (Å²) in [4.78, 5) is 16.8. The maximum absolute atomic E-state index is 12.6. The van der Waals surface area contributed by atoms with Gasteiger partial charge in [0.2, 0.25) is 5.91 Å². The molecule has 0 saturated carbocycles. The largest absolute Gasteiger partial charge is 0.341 e. The Labute approximate surface area is 144 Å². The summed E-state index contributed by atoms with van der Waals surface area (Å²) < 4.78 is 23.2. The zero-order chi connectivity index (χ0) is 17.2. The molecule has 2 unspecified atom stereocenters. The van der Waals surface area contributed by atoms with Crippen LogP contribution in [0.4, 0.5) is 0 Å². The molecule has 2 fully saturated rings. The van der Waals surface area contributed by atoms with Gasteiger partial charge in [-0.2, -0.15) is 0 Å². The monoisotopic (exact) mass is 350 g/mol. The topological polar surface area (TPSA) is 57.7 Å². The predicted molar refractivity (Wildman–Crippen MR) is 94.3 cm³/mol. The van der Waals surface area contributed by atoms with Crippen molar-refractivity contribution in [3.8, 4) is 0 Å². The van der Waals surface area contributed by atoms with E-state index in [1.807, 2.05) is 30.1 Å². The van der Waals surface area contributed by atoms with Gasteiger partial charge in [0.1, 0.15) is 0 Å². The highest BCUT2D eigenvalue weighted by Gasteiger charge is 2.37. The maximum atomic E-state index is 12.6. The number of likely N-dealkylation sites (tertiary alicyclic amines) is 1. The highest BCUT2D eigenvalue weighted by Crippen LogP contribution is 2.24. The average molecular weight is 350 g/mol. The molecule has 1 aromatic carbocycles. The van der Waals surface area contributed by atoms with Gasteiger partial charge in [0, 0.05) is 26.2 Å². The fraction of sp³-hybridized carbons (Fsp3) is 0.611. The molecule has 0 aromatic heterocycles. The third-order valence-corrected chi connectivity index (χ3v) is 6.97. The molecule has 0 bridgehead atoms. The summed E-state index contributed by atoms with van der Waals surface area (Å²) in [5, 5.41) is 0. The summed E-state index contributed by atoms with van der Waals surface area (Å²) in [6, 6.07) is 10.5. The zero-order valence-corrected chi connectivity index (χ0v) is 15.0. The van der Waals surface area contributed by atoms with Crippen LogP contribution in [0.5, 0.6) is 0 Å². The molecule has 2 aliphatic rings. The Balaban J connectivity index is 1.58. The molecule has 5 nitrogen and oxygen atoms in total. The first kappa shape index (κ1) is 17.4. The van der Waals surface area contributed by atoms with Crippen LogP contribution in [-0.2, 0) is 21.2 Å². The highest BCUT2D eigenvalue weighted by molar-refractivity contribution is 7.91. The van der Waals surface area contributed by atoms with Crippen molar-refractivity contribution >= 4 is 15.7 Å². The Kier molecular flexibility index (Phi) is 5.25. The lowest BCUT2D eigenvalue weighted by atomic mass is 10.0. The van der Waals surface area contributed by atoms with Crippen molar-refractivity contribution in [2.24, 2.45) is 5.92 Å². The van der Waals surface area contributed by atoms with Crippen molar-refractivity contribution in [1.82, 2.24) is 9.80 Å². The second kappa shape index (κ2) is 7.23. The number of benzene rings is 1. The van der Waals surface area contributed by atoms with Crippen molar-refractivity contribution in [2.75, 3.05) is 31.6 Å². The molecule has 1 amide bonds. The summed E-state index contributed by atoms with van der Waals surface area (Å²) in [5.74, 6) is -0.161. The zero-order valence-electron chi connectivity index (χ0n) is 14.2. The molecule has 0 radical (unpaired) electrons. The molecule has 0 aliphatic carbocycles. The summed E-state index contributed by atoms with van der Waals surface area (Å²) in [6.07, 6.45) is 2.54. The summed E-state index contributed by atoms with van der Waals surface area (Å²) in [6.45, 7) is 2.80. The standard InChI is InChI=1S/C18H26N2O3S/c1-19(18(21)16-9-11-24(22,23)14-16)17-8-5-10-20(13-17)12-15-6-3-2-4-7-15/h2-4,6-7,16-17H,5,8-14H2,1H3. The minimum absolute atomic E-state index is 0.00244. The first-order valence-electron chi connectivity index (χ1n) is 8.68. The van der Waals surface area contributed by atoms with Crippen molar-refractivity contribution in [3.05, 3.63) is 35.9 Å². The summed E-state index contributed by atoms with van der Waals surface area (Å²) in [7, 11) is -1.18. The smallest absolute Gasteiger partial charge is 0.226 e. The summed E-state index contributed by atoms with van der Waals surface area (Å²) in [5.41, 5.74) is 1.29. The van der Waals surface area contributed by atoms with E-state index in [1.165, 1.54) is 5.56 Å². The quantitative estimate of drug-likeness (QED) is 0.827. The van der Waals surface area contributed by atoms with Gasteiger partial charge in [-0.25, -0.2) is 8.42 Å². The van der Waals surface area contributed by atoms with E-state index in [9.17, 15) is 13.2 Å². The first-order valence-corrected chi connectivity index (χ1v) is 10.5. The minimum Gasteiger partial charge on any atom is -0.341 e. The van der Waals surface area contributed by atoms with Gasteiger partial charge in [-0.1, -0.05) is 30.3 Å². The van der Waals surface area contributed by atoms with Crippen LogP contribution < -0.4 is 0 Å². The first-order chi connectivity index (χ1) is 11.4. The van der Waals surface area contributed by atoms with Gasteiger partial charge in [0.15, 0.2) is 9.84 Å². The number of sulfone groups is 1. The number of amides is 1. The molecular formula is C18H26N2O3S. The maximum Gasteiger partial charge on any atom is 0.226 e. The van der Waals surface area contributed by atoms with E-state index in [0.29, 0.717) is 6.42 Å². The minimum atomic E-state index is -3.01. The molecule has 132 valence electrons. The van der Waals surface area contributed by atoms with E-state index in [1.54, 1.807) is 0 Å². The van der Waals surface area contributed by atoms with Gasteiger partial charge < -0.3 is 4.90 Å². The van der Waals surface area contributed by atoms with Crippen LogP contribution in [0.15, 0.2) is 30.3 Å². The number of hydrogen-bond acceptors (Lipinski definition) is 4. The molecule has 3 rings (SSSR count). The van der Waals surface area contributed by atoms with Gasteiger partial charge in [-0.15, -0.1) is 0 Å². The van der Waals surface area contributed by atoms with E-state index >= 15 is 0 Å². The van der Waals surface area contributed by atoms with E-state index in [4.69, 9.17) is 0 Å². The molecule has 1 aromatic rings. The predicted octanol–water partition coefficient (Wildman–Crippen LogP) is 1.54. The number of carbonyl (C=O) groups excluding carboxylic acids is 1. The second-order valence-electron chi connectivity index (χ2n) is 7.07. The third-order valence-electron chi connectivity index (χ3n) is 5.21. The van der Waals surface area contributed by atoms with Crippen molar-refractivity contribution < 1.29 is 13.2 Å². The van der Waals surface area contributed by atoms with Crippen molar-refractivity contribution in [1.29, 1.82) is 0 Å². The Morgan fingerprint density at radius 2 is 2.00 bits per heavy atom. The van der Waals surface area contributed by atoms with Crippen LogP contribution in [0.25, 0.3) is 0 Å². The molecule has 6 heteroatoms. The Bertz CT molecular complexity index is 675. The second-order valence-corrected chi connectivity index (χ2v) is 9.29. The molecule has 2 aliphatic heterocycles. The number of piperidine rings is 1. The molecule has 2 saturated heterocycles. The van der Waals surface area contributed by atoms with Gasteiger partial charge in [0.25, 0.3) is 0 Å². The summed E-state index contributed by atoms with van der Waals surface area (Å²) >= 11 is 0. The number of rotatable bonds is 4. The SMILES string of the molecule is CN(C(=O)C1CCS(=O)(=O)C1)C1CCCN(Cc2ccccc2)C1. The Morgan fingerprint density at radius 3 is 2.67 bits per heavy atom.